The summed E-state index contributed by atoms with van der Waals surface area (Å²) in [4.78, 5) is 31.8. The Morgan fingerprint density at radius 3 is 2.91 bits per heavy atom. The molecule has 1 unspecified atom stereocenters. The van der Waals surface area contributed by atoms with E-state index < -0.39 is 5.41 Å². The Morgan fingerprint density at radius 1 is 1.25 bits per heavy atom. The van der Waals surface area contributed by atoms with Gasteiger partial charge in [0.25, 0.3) is 0 Å². The predicted octanol–water partition coefficient (Wildman–Crippen LogP) is 4.45. The molecule has 2 heterocycles. The number of nitrogens with one attached hydrogen (secondary N) is 2. The highest BCUT2D eigenvalue weighted by atomic mass is 16.5. The van der Waals surface area contributed by atoms with E-state index in [1.54, 1.807) is 7.11 Å². The molecule has 0 bridgehead atoms. The Bertz CT molecular complexity index is 1050. The molecule has 2 aliphatic carbocycles. The van der Waals surface area contributed by atoms with Crippen LogP contribution in [0.3, 0.4) is 0 Å². The number of carbonyl (C=O) groups is 2. The van der Waals surface area contributed by atoms with Crippen LogP contribution >= 0.6 is 0 Å². The molecule has 2 aromatic rings. The van der Waals surface area contributed by atoms with Gasteiger partial charge in [0.15, 0.2) is 0 Å². The minimum absolute atomic E-state index is 0.0939. The summed E-state index contributed by atoms with van der Waals surface area (Å²) < 4.78 is 5.37. The van der Waals surface area contributed by atoms with Gasteiger partial charge in [0.1, 0.15) is 5.75 Å². The van der Waals surface area contributed by atoms with Gasteiger partial charge in [-0.2, -0.15) is 0 Å². The van der Waals surface area contributed by atoms with Crippen LogP contribution < -0.4 is 10.1 Å². The lowest BCUT2D eigenvalue weighted by molar-refractivity contribution is -0.142. The van der Waals surface area contributed by atoms with E-state index >= 15 is 0 Å². The van der Waals surface area contributed by atoms with Crippen molar-refractivity contribution < 1.29 is 14.3 Å². The molecule has 1 aromatic heterocycles. The van der Waals surface area contributed by atoms with Crippen molar-refractivity contribution in [2.45, 2.75) is 70.3 Å². The SMILES string of the molecule is COc1ccc2[nH]cc(CCNC(=O)C34CCCC=C3N(C3CCCC3)C(=O)CC4)c2c1. The average Bonchev–Trinajstić information content (AvgIpc) is 3.49. The number of hydrogen-bond acceptors (Lipinski definition) is 3. The molecule has 1 aromatic carbocycles. The zero-order valence-corrected chi connectivity index (χ0v) is 18.9. The molecule has 32 heavy (non-hydrogen) atoms. The summed E-state index contributed by atoms with van der Waals surface area (Å²) in [5.74, 6) is 1.13. The maximum absolute atomic E-state index is 13.6. The average molecular weight is 436 g/mol. The summed E-state index contributed by atoms with van der Waals surface area (Å²) in [5, 5.41) is 4.37. The zero-order valence-electron chi connectivity index (χ0n) is 18.9. The van der Waals surface area contributed by atoms with Crippen LogP contribution in [0.4, 0.5) is 0 Å². The molecular weight excluding hydrogens is 402 g/mol. The Labute approximate surface area is 189 Å². The van der Waals surface area contributed by atoms with Gasteiger partial charge in [0.05, 0.1) is 12.5 Å². The molecular formula is C26H33N3O3. The maximum atomic E-state index is 13.6. The first kappa shape index (κ1) is 21.1. The molecule has 2 N–H and O–H groups in total. The number of ether oxygens (including phenoxy) is 1. The summed E-state index contributed by atoms with van der Waals surface area (Å²) in [6.07, 6.45) is 13.3. The monoisotopic (exact) mass is 435 g/mol. The Morgan fingerprint density at radius 2 is 2.09 bits per heavy atom. The van der Waals surface area contributed by atoms with Crippen LogP contribution in [0.1, 0.15) is 63.4 Å². The topological polar surface area (TPSA) is 74.4 Å². The predicted molar refractivity (Wildman–Crippen MR) is 124 cm³/mol. The molecule has 1 aliphatic heterocycles. The standard InChI is InChI=1S/C26H33N3O3/c1-32-20-9-10-22-21(16-20)18(17-28-22)12-15-27-25(31)26-13-5-4-8-23(26)29(24(30)11-14-26)19-6-2-3-7-19/h8-10,16-17,19,28H,2-7,11-15H2,1H3,(H,27,31). The molecule has 1 saturated carbocycles. The van der Waals surface area contributed by atoms with E-state index in [0.29, 0.717) is 19.4 Å². The van der Waals surface area contributed by atoms with Crippen LogP contribution in [0.2, 0.25) is 0 Å². The van der Waals surface area contributed by atoms with Crippen LogP contribution in [0.5, 0.6) is 5.75 Å². The van der Waals surface area contributed by atoms with E-state index in [-0.39, 0.29) is 17.9 Å². The lowest BCUT2D eigenvalue weighted by atomic mass is 9.68. The van der Waals surface area contributed by atoms with Gasteiger partial charge in [-0.1, -0.05) is 18.9 Å². The highest BCUT2D eigenvalue weighted by Crippen LogP contribution is 2.49. The number of H-pyrrole nitrogens is 1. The molecule has 5 rings (SSSR count). The minimum Gasteiger partial charge on any atom is -0.497 e. The number of methoxy groups -OCH3 is 1. The Kier molecular flexibility index (Phi) is 5.70. The quantitative estimate of drug-likeness (QED) is 0.704. The Hall–Kier alpha value is -2.76. The molecule has 3 aliphatic rings. The molecule has 2 fully saturated rings. The third-order valence-electron chi connectivity index (χ3n) is 7.71. The number of benzene rings is 1. The maximum Gasteiger partial charge on any atom is 0.232 e. The molecule has 0 spiro atoms. The molecule has 1 atom stereocenters. The van der Waals surface area contributed by atoms with Crippen molar-refractivity contribution in [3.05, 3.63) is 41.7 Å². The van der Waals surface area contributed by atoms with E-state index in [0.717, 1.165) is 60.9 Å². The van der Waals surface area contributed by atoms with Gasteiger partial charge in [0.2, 0.25) is 11.8 Å². The van der Waals surface area contributed by atoms with Crippen LogP contribution in [-0.2, 0) is 16.0 Å². The summed E-state index contributed by atoms with van der Waals surface area (Å²) in [6.45, 7) is 0.579. The second-order valence-corrected chi connectivity index (χ2v) is 9.50. The van der Waals surface area contributed by atoms with Crippen LogP contribution in [-0.4, -0.2) is 41.4 Å². The van der Waals surface area contributed by atoms with E-state index in [9.17, 15) is 9.59 Å². The van der Waals surface area contributed by atoms with Gasteiger partial charge >= 0.3 is 0 Å². The van der Waals surface area contributed by atoms with Crippen molar-refractivity contribution in [1.82, 2.24) is 15.2 Å². The lowest BCUT2D eigenvalue weighted by Crippen LogP contribution is -2.55. The molecule has 6 nitrogen and oxygen atoms in total. The van der Waals surface area contributed by atoms with E-state index in [2.05, 4.69) is 16.4 Å². The van der Waals surface area contributed by atoms with E-state index in [1.807, 2.05) is 29.3 Å². The number of likely N-dealkylation sites (tertiary alicyclic amines) is 1. The van der Waals surface area contributed by atoms with E-state index in [1.165, 1.54) is 18.4 Å². The first-order chi connectivity index (χ1) is 15.6. The van der Waals surface area contributed by atoms with Crippen LogP contribution in [0.15, 0.2) is 36.2 Å². The summed E-state index contributed by atoms with van der Waals surface area (Å²) in [5.41, 5.74) is 2.70. The number of piperidine rings is 1. The molecule has 0 radical (unpaired) electrons. The normalized spacial score (nSPS) is 23.8. The number of aromatic nitrogens is 1. The fourth-order valence-corrected chi connectivity index (χ4v) is 6.00. The van der Waals surface area contributed by atoms with Crippen molar-refractivity contribution in [2.75, 3.05) is 13.7 Å². The van der Waals surface area contributed by atoms with Gasteiger partial charge in [0, 0.05) is 41.8 Å². The van der Waals surface area contributed by atoms with Crippen molar-refractivity contribution >= 4 is 22.7 Å². The minimum atomic E-state index is -0.543. The van der Waals surface area contributed by atoms with Crippen molar-refractivity contribution in [2.24, 2.45) is 5.41 Å². The third-order valence-corrected chi connectivity index (χ3v) is 7.71. The number of fused-ring (bicyclic) bond motifs is 2. The third kappa shape index (κ3) is 3.59. The molecule has 170 valence electrons. The number of allylic oxidation sites excluding steroid dienone is 1. The van der Waals surface area contributed by atoms with Gasteiger partial charge in [-0.05, 0) is 68.7 Å². The summed E-state index contributed by atoms with van der Waals surface area (Å²) >= 11 is 0. The summed E-state index contributed by atoms with van der Waals surface area (Å²) in [7, 11) is 1.67. The number of amides is 2. The fourth-order valence-electron chi connectivity index (χ4n) is 6.00. The first-order valence-corrected chi connectivity index (χ1v) is 12.1. The number of nitrogens with zero attached hydrogens (tertiary/aromatic N) is 1. The number of aromatic amines is 1. The second kappa shape index (κ2) is 8.64. The van der Waals surface area contributed by atoms with E-state index in [4.69, 9.17) is 4.74 Å². The van der Waals surface area contributed by atoms with Crippen molar-refractivity contribution in [3.63, 3.8) is 0 Å². The number of rotatable bonds is 6. The highest BCUT2D eigenvalue weighted by Gasteiger charge is 2.51. The van der Waals surface area contributed by atoms with Gasteiger partial charge < -0.3 is 19.9 Å². The highest BCUT2D eigenvalue weighted by molar-refractivity contribution is 5.91. The smallest absolute Gasteiger partial charge is 0.232 e. The summed E-state index contributed by atoms with van der Waals surface area (Å²) in [6, 6.07) is 6.28. The number of carbonyl (C=O) groups excluding carboxylic acids is 2. The Balaban J connectivity index is 1.31. The second-order valence-electron chi connectivity index (χ2n) is 9.50. The largest absolute Gasteiger partial charge is 0.497 e. The van der Waals surface area contributed by atoms with Crippen LogP contribution in [0, 0.1) is 5.41 Å². The zero-order chi connectivity index (χ0) is 22.1. The number of hydrogen-bond donors (Lipinski definition) is 2. The first-order valence-electron chi connectivity index (χ1n) is 12.1. The van der Waals surface area contributed by atoms with Gasteiger partial charge in [-0.3, -0.25) is 9.59 Å². The van der Waals surface area contributed by atoms with Crippen LogP contribution in [0.25, 0.3) is 10.9 Å². The van der Waals surface area contributed by atoms with Gasteiger partial charge in [-0.25, -0.2) is 0 Å². The molecule has 2 amide bonds. The van der Waals surface area contributed by atoms with Crippen molar-refractivity contribution in [1.29, 1.82) is 0 Å². The molecule has 1 saturated heterocycles. The lowest BCUT2D eigenvalue weighted by Gasteiger charge is -2.48. The fraction of sp³-hybridized carbons (Fsp3) is 0.538. The molecule has 6 heteroatoms. The van der Waals surface area contributed by atoms with Crippen molar-refractivity contribution in [3.8, 4) is 5.75 Å². The van der Waals surface area contributed by atoms with Gasteiger partial charge in [-0.15, -0.1) is 0 Å².